The predicted octanol–water partition coefficient (Wildman–Crippen LogP) is 7.40. The number of aromatic hydroxyl groups is 1. The maximum absolute atomic E-state index is 13.3. The number of benzene rings is 4. The average Bonchev–Trinajstić information content (AvgIpc) is 3.53. The number of rotatable bonds is 9. The first-order valence-electron chi connectivity index (χ1n) is 16.0. The molecule has 1 aliphatic carbocycles. The molecule has 0 aromatic heterocycles. The Hall–Kier alpha value is -6.57. The van der Waals surface area contributed by atoms with Crippen molar-refractivity contribution in [1.82, 2.24) is 9.91 Å². The molecule has 3 unspecified atom stereocenters. The van der Waals surface area contributed by atoms with Gasteiger partial charge < -0.3 is 24.8 Å². The number of carbonyl (C=O) groups excluding carboxylic acids is 3. The number of anilines is 1. The number of carbonyl (C=O) groups is 3. The van der Waals surface area contributed by atoms with Gasteiger partial charge in [-0.05, 0) is 50.1 Å². The number of hydrogen-bond donors (Lipinski definition) is 2. The van der Waals surface area contributed by atoms with E-state index in [1.165, 1.54) is 36.3 Å². The maximum atomic E-state index is 13.3. The molecule has 3 atom stereocenters. The van der Waals surface area contributed by atoms with E-state index in [0.29, 0.717) is 22.0 Å². The first-order valence-corrected chi connectivity index (χ1v) is 16.0. The molecule has 1 aliphatic heterocycles. The zero-order chi connectivity index (χ0) is 36.4. The summed E-state index contributed by atoms with van der Waals surface area (Å²) in [6.45, 7) is 4.90. The fourth-order valence-corrected chi connectivity index (χ4v) is 5.82. The average molecular weight is 691 g/mol. The Morgan fingerprint density at radius 3 is 2.51 bits per heavy atom. The van der Waals surface area contributed by atoms with E-state index in [9.17, 15) is 29.6 Å². The summed E-state index contributed by atoms with van der Waals surface area (Å²) in [6.07, 6.45) is 4.69. The van der Waals surface area contributed by atoms with Gasteiger partial charge in [-0.1, -0.05) is 77.6 Å². The van der Waals surface area contributed by atoms with Gasteiger partial charge in [0.15, 0.2) is 0 Å². The minimum absolute atomic E-state index is 0.0926. The molecule has 2 N–H and O–H groups in total. The van der Waals surface area contributed by atoms with Crippen LogP contribution in [0.5, 0.6) is 17.2 Å². The molecule has 6 rings (SSSR count). The first-order chi connectivity index (χ1) is 24.4. The van der Waals surface area contributed by atoms with Crippen LogP contribution in [-0.2, 0) is 9.53 Å². The van der Waals surface area contributed by atoms with Crippen LogP contribution in [0.3, 0.4) is 0 Å². The number of hydrogen-bond acceptors (Lipinski definition) is 10. The minimum atomic E-state index is -0.926. The molecule has 4 aromatic carbocycles. The smallest absolute Gasteiger partial charge is 0.342 e. The van der Waals surface area contributed by atoms with Gasteiger partial charge in [-0.25, -0.2) is 4.79 Å². The molecule has 260 valence electrons. The molecule has 4 aromatic rings. The molecule has 0 radical (unpaired) electrons. The van der Waals surface area contributed by atoms with Gasteiger partial charge in [-0.3, -0.25) is 19.7 Å². The van der Waals surface area contributed by atoms with Gasteiger partial charge in [0, 0.05) is 29.6 Å². The standard InChI is InChI=1S/C37H34N6O8/c1-21-13-15-30-29(17-21)39-40-42(30)37(47)41(4)20-34(44)50-23(3)24-14-16-32(31(18-24)43(48)49)51-33-19-27(35(45)26-11-7-6-10-25(26)33)36(46)38-28-12-8-5-9-22(28)2/h5-19,23,29-30,45H,20H2,1-4H3,(H,38,46). The number of ether oxygens (including phenoxy) is 2. The zero-order valence-electron chi connectivity index (χ0n) is 28.1. The number of nitro benzene ring substituents is 1. The second-order valence-corrected chi connectivity index (χ2v) is 12.2. The van der Waals surface area contributed by atoms with Crippen molar-refractivity contribution in [1.29, 1.82) is 0 Å². The van der Waals surface area contributed by atoms with Crippen molar-refractivity contribution in [2.75, 3.05) is 18.9 Å². The Balaban J connectivity index is 1.18. The summed E-state index contributed by atoms with van der Waals surface area (Å²) in [5.74, 6) is -1.66. The molecule has 0 saturated heterocycles. The highest BCUT2D eigenvalue weighted by atomic mass is 16.6. The third-order valence-electron chi connectivity index (χ3n) is 8.59. The number of nitrogens with one attached hydrogen (secondary N) is 1. The van der Waals surface area contributed by atoms with Crippen LogP contribution < -0.4 is 10.1 Å². The van der Waals surface area contributed by atoms with Crippen molar-refractivity contribution in [3.63, 3.8) is 0 Å². The Bertz CT molecular complexity index is 2160. The lowest BCUT2D eigenvalue weighted by Gasteiger charge is -2.26. The van der Waals surface area contributed by atoms with Crippen LogP contribution in [0.2, 0.25) is 0 Å². The van der Waals surface area contributed by atoms with E-state index >= 15 is 0 Å². The van der Waals surface area contributed by atoms with E-state index in [0.717, 1.165) is 16.0 Å². The summed E-state index contributed by atoms with van der Waals surface area (Å²) in [7, 11) is 1.44. The number of urea groups is 1. The number of likely N-dealkylation sites (N-methyl/N-ethyl adjacent to an activating group) is 1. The van der Waals surface area contributed by atoms with Crippen LogP contribution in [-0.4, -0.2) is 63.5 Å². The Labute approximate surface area is 292 Å². The fraction of sp³-hybridized carbons (Fsp3) is 0.216. The summed E-state index contributed by atoms with van der Waals surface area (Å²) in [5.41, 5.74) is 2.16. The van der Waals surface area contributed by atoms with Crippen molar-refractivity contribution >= 4 is 40.1 Å². The molecule has 14 heteroatoms. The van der Waals surface area contributed by atoms with E-state index < -0.39 is 41.2 Å². The van der Waals surface area contributed by atoms with Crippen LogP contribution in [0, 0.1) is 17.0 Å². The molecule has 0 spiro atoms. The van der Waals surface area contributed by atoms with Crippen LogP contribution in [0.1, 0.15) is 41.4 Å². The normalized spacial score (nSPS) is 16.6. The summed E-state index contributed by atoms with van der Waals surface area (Å²) in [6, 6.07) is 18.0. The van der Waals surface area contributed by atoms with Gasteiger partial charge in [-0.2, -0.15) is 10.1 Å². The molecule has 51 heavy (non-hydrogen) atoms. The minimum Gasteiger partial charge on any atom is -0.506 e. The van der Waals surface area contributed by atoms with Crippen LogP contribution in [0.4, 0.5) is 16.2 Å². The molecule has 14 nitrogen and oxygen atoms in total. The van der Waals surface area contributed by atoms with Crippen molar-refractivity contribution in [3.05, 3.63) is 123 Å². The fourth-order valence-electron chi connectivity index (χ4n) is 5.82. The number of phenols is 1. The summed E-state index contributed by atoms with van der Waals surface area (Å²) >= 11 is 0. The van der Waals surface area contributed by atoms with Crippen LogP contribution >= 0.6 is 0 Å². The van der Waals surface area contributed by atoms with Crippen molar-refractivity contribution < 1.29 is 33.9 Å². The highest BCUT2D eigenvalue weighted by molar-refractivity contribution is 6.11. The number of amides is 3. The summed E-state index contributed by atoms with van der Waals surface area (Å²) in [5, 5.41) is 36.1. The molecular formula is C37H34N6O8. The summed E-state index contributed by atoms with van der Waals surface area (Å²) < 4.78 is 11.6. The van der Waals surface area contributed by atoms with E-state index in [1.54, 1.807) is 43.3 Å². The van der Waals surface area contributed by atoms with Gasteiger partial charge in [0.25, 0.3) is 5.91 Å². The number of para-hydroxylation sites is 1. The first kappa shape index (κ1) is 34.3. The largest absolute Gasteiger partial charge is 0.506 e. The van der Waals surface area contributed by atoms with E-state index in [-0.39, 0.29) is 34.9 Å². The van der Waals surface area contributed by atoms with Gasteiger partial charge in [0.2, 0.25) is 5.75 Å². The lowest BCUT2D eigenvalue weighted by atomic mass is 9.99. The Morgan fingerprint density at radius 1 is 1.04 bits per heavy atom. The van der Waals surface area contributed by atoms with Gasteiger partial charge in [-0.15, -0.1) is 0 Å². The second kappa shape index (κ2) is 14.1. The topological polar surface area (TPSA) is 176 Å². The third-order valence-corrected chi connectivity index (χ3v) is 8.59. The van der Waals surface area contributed by atoms with Gasteiger partial charge in [0.1, 0.15) is 36.2 Å². The maximum Gasteiger partial charge on any atom is 0.342 e. The monoisotopic (exact) mass is 690 g/mol. The van der Waals surface area contributed by atoms with E-state index in [2.05, 4.69) is 15.7 Å². The molecule has 0 fully saturated rings. The number of aryl methyl sites for hydroxylation is 1. The van der Waals surface area contributed by atoms with Crippen LogP contribution in [0.25, 0.3) is 10.8 Å². The highest BCUT2D eigenvalue weighted by Gasteiger charge is 2.37. The van der Waals surface area contributed by atoms with Gasteiger partial charge in [0.05, 0.1) is 10.5 Å². The quantitative estimate of drug-likeness (QED) is 0.104. The van der Waals surface area contributed by atoms with Crippen LogP contribution in [0.15, 0.2) is 107 Å². The lowest BCUT2D eigenvalue weighted by Crippen LogP contribution is -2.46. The second-order valence-electron chi connectivity index (χ2n) is 12.2. The molecule has 3 amide bonds. The number of esters is 1. The number of phenolic OH excluding ortho intramolecular Hbond substituents is 1. The van der Waals surface area contributed by atoms with E-state index in [1.807, 2.05) is 44.2 Å². The zero-order valence-corrected chi connectivity index (χ0v) is 28.1. The Morgan fingerprint density at radius 2 is 1.76 bits per heavy atom. The molecule has 1 heterocycles. The highest BCUT2D eigenvalue weighted by Crippen LogP contribution is 2.41. The predicted molar refractivity (Wildman–Crippen MR) is 188 cm³/mol. The number of nitro groups is 1. The molecule has 0 saturated carbocycles. The molecular weight excluding hydrogens is 656 g/mol. The number of nitrogens with zero attached hydrogens (tertiary/aromatic N) is 5. The van der Waals surface area contributed by atoms with Crippen molar-refractivity contribution in [3.8, 4) is 17.2 Å². The SMILES string of the molecule is CC1=CC2N=NN(C(=O)N(C)CC(=O)OC(C)c3ccc(Oc4cc(C(=O)Nc5ccccc5C)c(O)c5ccccc45)c([N+](=O)[O-])c3)C2C=C1. The summed E-state index contributed by atoms with van der Waals surface area (Å²) in [4.78, 5) is 52.0. The van der Waals surface area contributed by atoms with Gasteiger partial charge >= 0.3 is 17.7 Å². The van der Waals surface area contributed by atoms with E-state index in [4.69, 9.17) is 9.47 Å². The van der Waals surface area contributed by atoms with Crippen molar-refractivity contribution in [2.24, 2.45) is 10.3 Å². The lowest BCUT2D eigenvalue weighted by molar-refractivity contribution is -0.385. The number of allylic oxidation sites excluding steroid dienone is 2. The third kappa shape index (κ3) is 7.11. The Kier molecular flexibility index (Phi) is 9.49. The molecule has 2 aliphatic rings. The van der Waals surface area contributed by atoms with Crippen molar-refractivity contribution in [2.45, 2.75) is 39.0 Å². The molecule has 0 bridgehead atoms. The number of fused-ring (bicyclic) bond motifs is 2.